The second kappa shape index (κ2) is 6.27. The third-order valence-electron chi connectivity index (χ3n) is 4.90. The Morgan fingerprint density at radius 3 is 2.86 bits per heavy atom. The molecule has 0 aromatic heterocycles. The first kappa shape index (κ1) is 14.7. The van der Waals surface area contributed by atoms with Crippen LogP contribution in [0.15, 0.2) is 18.2 Å². The second-order valence-electron chi connectivity index (χ2n) is 6.96. The van der Waals surface area contributed by atoms with Gasteiger partial charge in [0.2, 0.25) is 0 Å². The lowest BCUT2D eigenvalue weighted by atomic mass is 9.73. The summed E-state index contributed by atoms with van der Waals surface area (Å²) in [6.07, 6.45) is 6.25. The van der Waals surface area contributed by atoms with Crippen molar-refractivity contribution in [1.82, 2.24) is 5.32 Å². The molecule has 0 radical (unpaired) electrons. The van der Waals surface area contributed by atoms with E-state index in [-0.39, 0.29) is 0 Å². The van der Waals surface area contributed by atoms with Crippen molar-refractivity contribution in [3.8, 4) is 11.5 Å². The van der Waals surface area contributed by atoms with E-state index < -0.39 is 0 Å². The lowest BCUT2D eigenvalue weighted by Crippen LogP contribution is -2.43. The maximum Gasteiger partial charge on any atom is 0.165 e. The number of benzene rings is 1. The van der Waals surface area contributed by atoms with Gasteiger partial charge >= 0.3 is 0 Å². The van der Waals surface area contributed by atoms with Crippen molar-refractivity contribution in [2.24, 2.45) is 5.41 Å². The summed E-state index contributed by atoms with van der Waals surface area (Å²) >= 11 is 0. The molecule has 2 aliphatic rings. The Labute approximate surface area is 128 Å². The van der Waals surface area contributed by atoms with E-state index in [2.05, 4.69) is 31.3 Å². The van der Waals surface area contributed by atoms with Crippen LogP contribution < -0.4 is 14.8 Å². The van der Waals surface area contributed by atoms with Crippen LogP contribution >= 0.6 is 0 Å². The summed E-state index contributed by atoms with van der Waals surface area (Å²) in [5.41, 5.74) is 1.61. The highest BCUT2D eigenvalue weighted by molar-refractivity contribution is 5.47. The largest absolute Gasteiger partial charge is 0.490 e. The molecule has 1 aliphatic heterocycles. The zero-order chi connectivity index (χ0) is 14.7. The van der Waals surface area contributed by atoms with E-state index in [1.165, 1.54) is 31.2 Å². The summed E-state index contributed by atoms with van der Waals surface area (Å²) in [7, 11) is 0. The Morgan fingerprint density at radius 1 is 1.14 bits per heavy atom. The van der Waals surface area contributed by atoms with E-state index >= 15 is 0 Å². The van der Waals surface area contributed by atoms with Crippen molar-refractivity contribution < 1.29 is 9.47 Å². The lowest BCUT2D eigenvalue weighted by Gasteiger charge is -2.39. The Hall–Kier alpha value is -1.22. The summed E-state index contributed by atoms with van der Waals surface area (Å²) in [6.45, 7) is 7.13. The second-order valence-corrected chi connectivity index (χ2v) is 6.96. The van der Waals surface area contributed by atoms with E-state index in [0.717, 1.165) is 37.7 Å². The monoisotopic (exact) mass is 289 g/mol. The Balaban J connectivity index is 1.70. The van der Waals surface area contributed by atoms with Gasteiger partial charge in [-0.2, -0.15) is 0 Å². The van der Waals surface area contributed by atoms with Crippen LogP contribution in [0.3, 0.4) is 0 Å². The molecule has 1 aromatic rings. The number of ether oxygens (including phenoxy) is 2. The number of fused-ring (bicyclic) bond motifs is 1. The maximum absolute atomic E-state index is 5.91. The van der Waals surface area contributed by atoms with Crippen molar-refractivity contribution in [1.29, 1.82) is 0 Å². The molecule has 0 amide bonds. The summed E-state index contributed by atoms with van der Waals surface area (Å²) in [5, 5.41) is 3.76. The van der Waals surface area contributed by atoms with Gasteiger partial charge in [-0.05, 0) is 24.3 Å². The average molecular weight is 289 g/mol. The molecule has 1 atom stereocenters. The molecular weight excluding hydrogens is 262 g/mol. The molecule has 0 saturated heterocycles. The fourth-order valence-electron chi connectivity index (χ4n) is 3.50. The molecular formula is C18H27NO2. The van der Waals surface area contributed by atoms with Crippen LogP contribution in [-0.2, 0) is 6.54 Å². The minimum absolute atomic E-state index is 0.390. The molecule has 1 aliphatic carbocycles. The number of hydrogen-bond acceptors (Lipinski definition) is 3. The molecule has 3 heteroatoms. The first-order valence-electron chi connectivity index (χ1n) is 8.28. The number of rotatable bonds is 3. The van der Waals surface area contributed by atoms with Crippen molar-refractivity contribution in [2.45, 2.75) is 58.5 Å². The zero-order valence-electron chi connectivity index (χ0n) is 13.3. The molecule has 1 N–H and O–H groups in total. The fraction of sp³-hybridized carbons (Fsp3) is 0.667. The topological polar surface area (TPSA) is 30.5 Å². The van der Waals surface area contributed by atoms with E-state index in [1.54, 1.807) is 0 Å². The smallest absolute Gasteiger partial charge is 0.165 e. The molecule has 3 nitrogen and oxygen atoms in total. The van der Waals surface area contributed by atoms with Gasteiger partial charge in [0.25, 0.3) is 0 Å². The van der Waals surface area contributed by atoms with E-state index in [0.29, 0.717) is 11.5 Å². The summed E-state index contributed by atoms with van der Waals surface area (Å²) in [5.74, 6) is 1.84. The normalized spacial score (nSPS) is 24.4. The maximum atomic E-state index is 5.91. The highest BCUT2D eigenvalue weighted by Crippen LogP contribution is 2.37. The molecule has 1 heterocycles. The van der Waals surface area contributed by atoms with Gasteiger partial charge in [0, 0.05) is 24.6 Å². The SMILES string of the molecule is CC1(C)CCCCC1NCc1cccc2c1OCCCO2. The number of para-hydroxylation sites is 1. The molecule has 21 heavy (non-hydrogen) atoms. The first-order valence-corrected chi connectivity index (χ1v) is 8.28. The predicted octanol–water partition coefficient (Wildman–Crippen LogP) is 3.91. The summed E-state index contributed by atoms with van der Waals surface area (Å²) in [4.78, 5) is 0. The van der Waals surface area contributed by atoms with Crippen LogP contribution in [0, 0.1) is 5.41 Å². The van der Waals surface area contributed by atoms with Crippen LogP contribution in [0.2, 0.25) is 0 Å². The van der Waals surface area contributed by atoms with Crippen molar-refractivity contribution >= 4 is 0 Å². The van der Waals surface area contributed by atoms with Crippen LogP contribution in [0.5, 0.6) is 11.5 Å². The van der Waals surface area contributed by atoms with Crippen molar-refractivity contribution in [3.05, 3.63) is 23.8 Å². The lowest BCUT2D eigenvalue weighted by molar-refractivity contribution is 0.166. The van der Waals surface area contributed by atoms with Crippen LogP contribution in [-0.4, -0.2) is 19.3 Å². The van der Waals surface area contributed by atoms with Gasteiger partial charge in [-0.15, -0.1) is 0 Å². The van der Waals surface area contributed by atoms with Crippen molar-refractivity contribution in [2.75, 3.05) is 13.2 Å². The molecule has 0 bridgehead atoms. The van der Waals surface area contributed by atoms with Crippen LogP contribution in [0.1, 0.15) is 51.5 Å². The van der Waals surface area contributed by atoms with Gasteiger partial charge in [0.15, 0.2) is 11.5 Å². The van der Waals surface area contributed by atoms with E-state index in [1.807, 2.05) is 6.07 Å². The van der Waals surface area contributed by atoms with Gasteiger partial charge in [0.05, 0.1) is 13.2 Å². The Kier molecular flexibility index (Phi) is 4.39. The minimum atomic E-state index is 0.390. The van der Waals surface area contributed by atoms with Crippen LogP contribution in [0.4, 0.5) is 0 Å². The highest BCUT2D eigenvalue weighted by Gasteiger charge is 2.31. The molecule has 3 rings (SSSR count). The Bertz CT molecular complexity index is 484. The van der Waals surface area contributed by atoms with Gasteiger partial charge < -0.3 is 14.8 Å². The zero-order valence-corrected chi connectivity index (χ0v) is 13.3. The van der Waals surface area contributed by atoms with Crippen molar-refractivity contribution in [3.63, 3.8) is 0 Å². The van der Waals surface area contributed by atoms with Gasteiger partial charge in [-0.3, -0.25) is 0 Å². The molecule has 0 spiro atoms. The van der Waals surface area contributed by atoms with Gasteiger partial charge in [-0.25, -0.2) is 0 Å². The van der Waals surface area contributed by atoms with Gasteiger partial charge in [-0.1, -0.05) is 38.8 Å². The van der Waals surface area contributed by atoms with Gasteiger partial charge in [0.1, 0.15) is 0 Å². The molecule has 1 unspecified atom stereocenters. The third-order valence-corrected chi connectivity index (χ3v) is 4.90. The predicted molar refractivity (Wildman–Crippen MR) is 84.9 cm³/mol. The molecule has 1 saturated carbocycles. The van der Waals surface area contributed by atoms with E-state index in [9.17, 15) is 0 Å². The number of hydrogen-bond donors (Lipinski definition) is 1. The first-order chi connectivity index (χ1) is 10.2. The quantitative estimate of drug-likeness (QED) is 0.915. The molecule has 1 fully saturated rings. The standard InChI is InChI=1S/C18H27NO2/c1-18(2)10-4-3-9-16(18)19-13-14-7-5-8-15-17(14)21-12-6-11-20-15/h5,7-8,16,19H,3-4,6,9-13H2,1-2H3. The molecule has 1 aromatic carbocycles. The molecule has 116 valence electrons. The highest BCUT2D eigenvalue weighted by atomic mass is 16.5. The van der Waals surface area contributed by atoms with Crippen LogP contribution in [0.25, 0.3) is 0 Å². The fourth-order valence-corrected chi connectivity index (χ4v) is 3.50. The third kappa shape index (κ3) is 3.34. The van der Waals surface area contributed by atoms with E-state index in [4.69, 9.17) is 9.47 Å². The summed E-state index contributed by atoms with van der Waals surface area (Å²) < 4.78 is 11.7. The minimum Gasteiger partial charge on any atom is -0.490 e. The average Bonchev–Trinajstić information content (AvgIpc) is 2.71. The summed E-state index contributed by atoms with van der Waals surface area (Å²) in [6, 6.07) is 6.82. The number of nitrogens with one attached hydrogen (secondary N) is 1. The Morgan fingerprint density at radius 2 is 2.00 bits per heavy atom.